The summed E-state index contributed by atoms with van der Waals surface area (Å²) >= 11 is 15.5. The van der Waals surface area contributed by atoms with Gasteiger partial charge in [0.15, 0.2) is 11.5 Å². The number of rotatable bonds is 5. The Kier molecular flexibility index (Phi) is 7.18. The highest BCUT2D eigenvalue weighted by molar-refractivity contribution is 9.10. The van der Waals surface area contributed by atoms with Crippen LogP contribution in [0.3, 0.4) is 0 Å². The van der Waals surface area contributed by atoms with Gasteiger partial charge in [-0.1, -0.05) is 23.2 Å². The smallest absolute Gasteiger partial charge is 0.436 e. The number of carbonyl (C=O) groups excluding carboxylic acids is 1. The highest BCUT2D eigenvalue weighted by Crippen LogP contribution is 2.39. The van der Waals surface area contributed by atoms with Crippen molar-refractivity contribution in [1.82, 2.24) is 9.78 Å². The predicted molar refractivity (Wildman–Crippen MR) is 117 cm³/mol. The Labute approximate surface area is 196 Å². The molecule has 0 saturated carbocycles. The fourth-order valence-corrected chi connectivity index (χ4v) is 5.04. The fourth-order valence-electron chi connectivity index (χ4n) is 3.84. The SMILES string of the molecule is COc1cc(N2CCC(C(=O)C(C)n3nc(C(F)(F)F)c(Cl)c3C)CC2)c(Br)cc1Cl. The second-order valence-electron chi connectivity index (χ2n) is 7.47. The lowest BCUT2D eigenvalue weighted by atomic mass is 9.89. The molecule has 0 aliphatic carbocycles. The summed E-state index contributed by atoms with van der Waals surface area (Å²) in [7, 11) is 1.54. The fraction of sp³-hybridized carbons (Fsp3) is 0.500. The first-order valence-electron chi connectivity index (χ1n) is 9.59. The maximum Gasteiger partial charge on any atom is 0.436 e. The van der Waals surface area contributed by atoms with E-state index in [0.29, 0.717) is 36.7 Å². The summed E-state index contributed by atoms with van der Waals surface area (Å²) in [5, 5.41) is 3.61. The van der Waals surface area contributed by atoms with E-state index < -0.39 is 22.9 Å². The molecule has 1 aromatic carbocycles. The van der Waals surface area contributed by atoms with Gasteiger partial charge in [-0.25, -0.2) is 0 Å². The minimum absolute atomic E-state index is 0.129. The molecule has 1 unspecified atom stereocenters. The van der Waals surface area contributed by atoms with Crippen LogP contribution in [0.1, 0.15) is 37.2 Å². The van der Waals surface area contributed by atoms with Crippen LogP contribution in [0, 0.1) is 12.8 Å². The van der Waals surface area contributed by atoms with Crippen LogP contribution in [0.25, 0.3) is 0 Å². The number of methoxy groups -OCH3 is 1. The summed E-state index contributed by atoms with van der Waals surface area (Å²) in [4.78, 5) is 15.1. The molecule has 1 aliphatic rings. The molecular formula is C20H21BrCl2F3N3O2. The van der Waals surface area contributed by atoms with E-state index in [4.69, 9.17) is 27.9 Å². The van der Waals surface area contributed by atoms with Gasteiger partial charge in [0.1, 0.15) is 11.8 Å². The Hall–Kier alpha value is -1.45. The Bertz CT molecular complexity index is 989. The molecule has 0 spiro atoms. The summed E-state index contributed by atoms with van der Waals surface area (Å²) in [5.41, 5.74) is -0.128. The van der Waals surface area contributed by atoms with Crippen molar-refractivity contribution in [3.05, 3.63) is 38.0 Å². The Morgan fingerprint density at radius 3 is 2.42 bits per heavy atom. The molecule has 1 saturated heterocycles. The van der Waals surface area contributed by atoms with E-state index in [1.165, 1.54) is 6.92 Å². The molecule has 2 heterocycles. The number of alkyl halides is 3. The molecule has 170 valence electrons. The minimum Gasteiger partial charge on any atom is -0.495 e. The van der Waals surface area contributed by atoms with Crippen molar-refractivity contribution in [2.75, 3.05) is 25.1 Å². The van der Waals surface area contributed by atoms with E-state index in [1.54, 1.807) is 20.1 Å². The zero-order chi connectivity index (χ0) is 23.1. The van der Waals surface area contributed by atoms with Crippen molar-refractivity contribution in [3.63, 3.8) is 0 Å². The number of aromatic nitrogens is 2. The molecular weight excluding hydrogens is 522 g/mol. The monoisotopic (exact) mass is 541 g/mol. The summed E-state index contributed by atoms with van der Waals surface area (Å²) in [6.45, 7) is 4.21. The van der Waals surface area contributed by atoms with Gasteiger partial charge in [0.05, 0.1) is 28.5 Å². The van der Waals surface area contributed by atoms with Gasteiger partial charge in [-0.3, -0.25) is 9.48 Å². The van der Waals surface area contributed by atoms with E-state index >= 15 is 0 Å². The molecule has 0 radical (unpaired) electrons. The van der Waals surface area contributed by atoms with Gasteiger partial charge in [0, 0.05) is 29.5 Å². The van der Waals surface area contributed by atoms with Crippen LogP contribution in [0.15, 0.2) is 16.6 Å². The lowest BCUT2D eigenvalue weighted by Gasteiger charge is -2.34. The van der Waals surface area contributed by atoms with E-state index in [1.807, 2.05) is 6.07 Å². The third kappa shape index (κ3) is 4.83. The lowest BCUT2D eigenvalue weighted by molar-refractivity contribution is -0.142. The first-order valence-corrected chi connectivity index (χ1v) is 11.1. The number of hydrogen-bond acceptors (Lipinski definition) is 4. The topological polar surface area (TPSA) is 47.4 Å². The lowest BCUT2D eigenvalue weighted by Crippen LogP contribution is -2.38. The van der Waals surface area contributed by atoms with Crippen LogP contribution in [0.4, 0.5) is 18.9 Å². The van der Waals surface area contributed by atoms with Gasteiger partial charge >= 0.3 is 6.18 Å². The molecule has 1 fully saturated rings. The van der Waals surface area contributed by atoms with Crippen molar-refractivity contribution in [2.45, 2.75) is 38.9 Å². The number of carbonyl (C=O) groups is 1. The molecule has 11 heteroatoms. The van der Waals surface area contributed by atoms with Gasteiger partial charge < -0.3 is 9.64 Å². The Balaban J connectivity index is 1.73. The third-order valence-corrected chi connectivity index (χ3v) is 6.97. The number of anilines is 1. The van der Waals surface area contributed by atoms with Crippen LogP contribution in [-0.2, 0) is 11.0 Å². The van der Waals surface area contributed by atoms with Crippen LogP contribution < -0.4 is 9.64 Å². The van der Waals surface area contributed by atoms with E-state index in [0.717, 1.165) is 14.8 Å². The van der Waals surface area contributed by atoms with E-state index in [9.17, 15) is 18.0 Å². The van der Waals surface area contributed by atoms with Crippen molar-refractivity contribution < 1.29 is 22.7 Å². The zero-order valence-corrected chi connectivity index (χ0v) is 20.2. The first kappa shape index (κ1) is 24.2. The van der Waals surface area contributed by atoms with Gasteiger partial charge in [-0.05, 0) is 48.7 Å². The van der Waals surface area contributed by atoms with E-state index in [-0.39, 0.29) is 17.4 Å². The molecule has 1 atom stereocenters. The number of halogens is 6. The number of Topliss-reactive ketones (excluding diaryl/α,β-unsaturated/α-hetero) is 1. The third-order valence-electron chi connectivity index (χ3n) is 5.58. The van der Waals surface area contributed by atoms with Crippen molar-refractivity contribution in [2.24, 2.45) is 5.92 Å². The molecule has 1 aliphatic heterocycles. The average molecular weight is 543 g/mol. The van der Waals surface area contributed by atoms with E-state index in [2.05, 4.69) is 25.9 Å². The molecule has 31 heavy (non-hydrogen) atoms. The molecule has 5 nitrogen and oxygen atoms in total. The quantitative estimate of drug-likeness (QED) is 0.442. The average Bonchev–Trinajstić information content (AvgIpc) is 3.02. The number of ether oxygens (including phenoxy) is 1. The highest BCUT2D eigenvalue weighted by Gasteiger charge is 2.40. The van der Waals surface area contributed by atoms with Crippen LogP contribution >= 0.6 is 39.1 Å². The molecule has 3 rings (SSSR count). The van der Waals surface area contributed by atoms with Gasteiger partial charge in [-0.2, -0.15) is 18.3 Å². The van der Waals surface area contributed by atoms with Crippen LogP contribution in [0.5, 0.6) is 5.75 Å². The van der Waals surface area contributed by atoms with Gasteiger partial charge in [0.25, 0.3) is 0 Å². The van der Waals surface area contributed by atoms with Gasteiger partial charge in [-0.15, -0.1) is 0 Å². The maximum absolute atomic E-state index is 13.1. The van der Waals surface area contributed by atoms with Crippen molar-refractivity contribution in [3.8, 4) is 5.75 Å². The van der Waals surface area contributed by atoms with Crippen molar-refractivity contribution >= 4 is 50.6 Å². The summed E-state index contributed by atoms with van der Waals surface area (Å²) in [6, 6.07) is 2.76. The Morgan fingerprint density at radius 1 is 1.29 bits per heavy atom. The minimum atomic E-state index is -4.67. The Morgan fingerprint density at radius 2 is 1.90 bits per heavy atom. The van der Waals surface area contributed by atoms with Gasteiger partial charge in [0.2, 0.25) is 0 Å². The summed E-state index contributed by atoms with van der Waals surface area (Å²) < 4.78 is 46.5. The van der Waals surface area contributed by atoms with Crippen molar-refractivity contribution in [1.29, 1.82) is 0 Å². The number of benzene rings is 1. The predicted octanol–water partition coefficient (Wildman–Crippen LogP) is 6.33. The molecule has 0 N–H and O–H groups in total. The molecule has 0 amide bonds. The first-order chi connectivity index (χ1) is 14.5. The molecule has 2 aromatic rings. The number of ketones is 1. The number of piperidine rings is 1. The van der Waals surface area contributed by atoms with Crippen LogP contribution in [0.2, 0.25) is 10.0 Å². The summed E-state index contributed by atoms with van der Waals surface area (Å²) in [6.07, 6.45) is -3.53. The molecule has 1 aromatic heterocycles. The maximum atomic E-state index is 13.1. The molecule has 0 bridgehead atoms. The number of hydrogen-bond donors (Lipinski definition) is 0. The normalized spacial score (nSPS) is 16.5. The highest BCUT2D eigenvalue weighted by atomic mass is 79.9. The second kappa shape index (κ2) is 9.19. The van der Waals surface area contributed by atoms with Crippen LogP contribution in [-0.4, -0.2) is 35.8 Å². The standard InChI is InChI=1S/C20H21BrCl2F3N3O2/c1-10-17(23)19(20(24,25)26)27-29(10)11(2)18(30)12-4-6-28(7-5-12)15-9-16(31-3)14(22)8-13(15)21/h8-9,11-12H,4-7H2,1-3H3. The summed E-state index contributed by atoms with van der Waals surface area (Å²) in [5.74, 6) is 0.123. The largest absolute Gasteiger partial charge is 0.495 e. The zero-order valence-electron chi connectivity index (χ0n) is 17.1. The number of nitrogens with zero attached hydrogens (tertiary/aromatic N) is 3. The second-order valence-corrected chi connectivity index (χ2v) is 9.11.